The van der Waals surface area contributed by atoms with E-state index in [0.717, 1.165) is 28.4 Å². The molecule has 0 aliphatic carbocycles. The number of amides is 1. The number of non-ortho nitro benzene ring substituents is 1. The summed E-state index contributed by atoms with van der Waals surface area (Å²) >= 11 is 6.18. The second kappa shape index (κ2) is 10.3. The van der Waals surface area contributed by atoms with E-state index in [4.69, 9.17) is 21.3 Å². The molecule has 0 bridgehead atoms. The molecule has 0 unspecified atom stereocenters. The van der Waals surface area contributed by atoms with Gasteiger partial charge in [-0.1, -0.05) is 23.7 Å². The van der Waals surface area contributed by atoms with E-state index in [1.807, 2.05) is 38.1 Å². The topological polar surface area (TPSA) is 102 Å². The third-order valence-electron chi connectivity index (χ3n) is 6.10. The maximum absolute atomic E-state index is 13.0. The number of aryl methyl sites for hydroxylation is 2. The SMILES string of the molecule is COc1ccc(Cc2c(C)nc(C)nc2N2CCN(C(=O)c3ccc([N+](=O)[O-])cc3Cl)CC2)cc1. The summed E-state index contributed by atoms with van der Waals surface area (Å²) in [5.41, 5.74) is 3.23. The number of hydrogen-bond donors (Lipinski definition) is 0. The van der Waals surface area contributed by atoms with Crippen molar-refractivity contribution in [3.8, 4) is 5.75 Å². The van der Waals surface area contributed by atoms with Gasteiger partial charge in [-0.2, -0.15) is 0 Å². The van der Waals surface area contributed by atoms with E-state index in [2.05, 4.69) is 9.88 Å². The molecule has 0 saturated carbocycles. The number of halogens is 1. The molecule has 0 radical (unpaired) electrons. The Morgan fingerprint density at radius 1 is 1.09 bits per heavy atom. The first kappa shape index (κ1) is 24.4. The van der Waals surface area contributed by atoms with Gasteiger partial charge in [0.05, 0.1) is 22.6 Å². The second-order valence-corrected chi connectivity index (χ2v) is 8.79. The van der Waals surface area contributed by atoms with E-state index in [1.54, 1.807) is 12.0 Å². The molecule has 9 nitrogen and oxygen atoms in total. The molecule has 182 valence electrons. The lowest BCUT2D eigenvalue weighted by Gasteiger charge is -2.36. The number of carbonyl (C=O) groups is 1. The van der Waals surface area contributed by atoms with E-state index in [9.17, 15) is 14.9 Å². The molecule has 2 heterocycles. The molecule has 3 aromatic rings. The fourth-order valence-corrected chi connectivity index (χ4v) is 4.47. The van der Waals surface area contributed by atoms with E-state index in [-0.39, 0.29) is 22.2 Å². The molecule has 1 amide bonds. The van der Waals surface area contributed by atoms with Gasteiger partial charge in [0, 0.05) is 56.0 Å². The smallest absolute Gasteiger partial charge is 0.270 e. The molecule has 1 aromatic heterocycles. The fourth-order valence-electron chi connectivity index (χ4n) is 4.22. The zero-order valence-electron chi connectivity index (χ0n) is 19.8. The minimum atomic E-state index is -0.534. The van der Waals surface area contributed by atoms with Crippen LogP contribution in [0.15, 0.2) is 42.5 Å². The quantitative estimate of drug-likeness (QED) is 0.372. The maximum atomic E-state index is 13.0. The molecule has 10 heteroatoms. The Hall–Kier alpha value is -3.72. The lowest BCUT2D eigenvalue weighted by atomic mass is 10.0. The highest BCUT2D eigenvalue weighted by molar-refractivity contribution is 6.34. The number of aromatic nitrogens is 2. The number of rotatable bonds is 6. The summed E-state index contributed by atoms with van der Waals surface area (Å²) in [6.45, 7) is 6.04. The predicted molar refractivity (Wildman–Crippen MR) is 134 cm³/mol. The Labute approximate surface area is 208 Å². The van der Waals surface area contributed by atoms with Crippen LogP contribution in [-0.2, 0) is 6.42 Å². The highest BCUT2D eigenvalue weighted by Gasteiger charge is 2.27. The zero-order chi connectivity index (χ0) is 25.1. The Morgan fingerprint density at radius 3 is 2.37 bits per heavy atom. The lowest BCUT2D eigenvalue weighted by Crippen LogP contribution is -2.49. The highest BCUT2D eigenvalue weighted by Crippen LogP contribution is 2.27. The number of benzene rings is 2. The minimum Gasteiger partial charge on any atom is -0.497 e. The van der Waals surface area contributed by atoms with Gasteiger partial charge in [0.25, 0.3) is 11.6 Å². The van der Waals surface area contributed by atoms with Gasteiger partial charge in [-0.15, -0.1) is 0 Å². The van der Waals surface area contributed by atoms with Gasteiger partial charge < -0.3 is 14.5 Å². The van der Waals surface area contributed by atoms with Crippen molar-refractivity contribution in [2.24, 2.45) is 0 Å². The molecule has 4 rings (SSSR count). The van der Waals surface area contributed by atoms with Crippen molar-refractivity contribution in [3.63, 3.8) is 0 Å². The van der Waals surface area contributed by atoms with Crippen molar-refractivity contribution < 1.29 is 14.5 Å². The summed E-state index contributed by atoms with van der Waals surface area (Å²) in [7, 11) is 1.64. The molecule has 1 aliphatic rings. The van der Waals surface area contributed by atoms with Crippen LogP contribution in [0.25, 0.3) is 0 Å². The average Bonchev–Trinajstić information content (AvgIpc) is 2.85. The molecule has 0 spiro atoms. The summed E-state index contributed by atoms with van der Waals surface area (Å²) in [5.74, 6) is 2.15. The number of anilines is 1. The molecule has 2 aromatic carbocycles. The summed E-state index contributed by atoms with van der Waals surface area (Å²) in [6.07, 6.45) is 0.684. The number of nitrogens with zero attached hydrogens (tertiary/aromatic N) is 5. The summed E-state index contributed by atoms with van der Waals surface area (Å²) in [5, 5.41) is 11.0. The van der Waals surface area contributed by atoms with E-state index in [1.165, 1.54) is 18.2 Å². The van der Waals surface area contributed by atoms with Crippen molar-refractivity contribution >= 4 is 29.0 Å². The molecule has 1 saturated heterocycles. The van der Waals surface area contributed by atoms with Crippen LogP contribution in [-0.4, -0.2) is 59.0 Å². The van der Waals surface area contributed by atoms with Crippen LogP contribution in [0.2, 0.25) is 5.02 Å². The van der Waals surface area contributed by atoms with Crippen LogP contribution in [0.1, 0.15) is 33.0 Å². The maximum Gasteiger partial charge on any atom is 0.270 e. The number of carbonyl (C=O) groups excluding carboxylic acids is 1. The van der Waals surface area contributed by atoms with Crippen LogP contribution in [0, 0.1) is 24.0 Å². The Kier molecular flexibility index (Phi) is 7.16. The standard InChI is InChI=1S/C25H26ClN5O4/c1-16-22(14-18-4-7-20(35-3)8-5-18)24(28-17(2)27-16)29-10-12-30(13-11-29)25(32)21-9-6-19(31(33)34)15-23(21)26/h4-9,15H,10-14H2,1-3H3. The van der Waals surface area contributed by atoms with Gasteiger partial charge in [-0.3, -0.25) is 14.9 Å². The van der Waals surface area contributed by atoms with Crippen molar-refractivity contribution in [1.82, 2.24) is 14.9 Å². The first-order valence-electron chi connectivity index (χ1n) is 11.2. The van der Waals surface area contributed by atoms with Crippen molar-refractivity contribution in [2.75, 3.05) is 38.2 Å². The van der Waals surface area contributed by atoms with Crippen LogP contribution in [0.3, 0.4) is 0 Å². The normalized spacial score (nSPS) is 13.6. The minimum absolute atomic E-state index is 0.0791. The van der Waals surface area contributed by atoms with Crippen LogP contribution in [0.4, 0.5) is 11.5 Å². The lowest BCUT2D eigenvalue weighted by molar-refractivity contribution is -0.384. The first-order valence-corrected chi connectivity index (χ1v) is 11.6. The molecule has 1 fully saturated rings. The molecular formula is C25H26ClN5O4. The van der Waals surface area contributed by atoms with Gasteiger partial charge in [-0.05, 0) is 37.6 Å². The third-order valence-corrected chi connectivity index (χ3v) is 6.42. The van der Waals surface area contributed by atoms with Gasteiger partial charge >= 0.3 is 0 Å². The van der Waals surface area contributed by atoms with Gasteiger partial charge in [0.1, 0.15) is 17.4 Å². The van der Waals surface area contributed by atoms with Crippen molar-refractivity contribution in [2.45, 2.75) is 20.3 Å². The highest BCUT2D eigenvalue weighted by atomic mass is 35.5. The number of nitro groups is 1. The Balaban J connectivity index is 1.51. The third kappa shape index (κ3) is 5.35. The number of hydrogen-bond acceptors (Lipinski definition) is 7. The zero-order valence-corrected chi connectivity index (χ0v) is 20.6. The fraction of sp³-hybridized carbons (Fsp3) is 0.320. The Morgan fingerprint density at radius 2 is 1.77 bits per heavy atom. The van der Waals surface area contributed by atoms with E-state index >= 15 is 0 Å². The number of nitro benzene ring substituents is 1. The summed E-state index contributed by atoms with van der Waals surface area (Å²) < 4.78 is 5.26. The number of ether oxygens (including phenoxy) is 1. The molecule has 1 aliphatic heterocycles. The summed E-state index contributed by atoms with van der Waals surface area (Å²) in [6, 6.07) is 11.9. The second-order valence-electron chi connectivity index (χ2n) is 8.38. The first-order chi connectivity index (χ1) is 16.8. The van der Waals surface area contributed by atoms with Crippen LogP contribution < -0.4 is 9.64 Å². The molecule has 0 N–H and O–H groups in total. The molecule has 0 atom stereocenters. The average molecular weight is 496 g/mol. The molecule has 35 heavy (non-hydrogen) atoms. The van der Waals surface area contributed by atoms with Crippen LogP contribution in [0.5, 0.6) is 5.75 Å². The number of piperazine rings is 1. The largest absolute Gasteiger partial charge is 0.497 e. The van der Waals surface area contributed by atoms with Gasteiger partial charge in [0.2, 0.25) is 0 Å². The summed E-state index contributed by atoms with van der Waals surface area (Å²) in [4.78, 5) is 36.7. The monoisotopic (exact) mass is 495 g/mol. The predicted octanol–water partition coefficient (Wildman–Crippen LogP) is 4.22. The van der Waals surface area contributed by atoms with Crippen molar-refractivity contribution in [1.29, 1.82) is 0 Å². The Bertz CT molecular complexity index is 1260. The number of methoxy groups -OCH3 is 1. The molecular weight excluding hydrogens is 470 g/mol. The van der Waals surface area contributed by atoms with Crippen LogP contribution >= 0.6 is 11.6 Å². The van der Waals surface area contributed by atoms with Crippen molar-refractivity contribution in [3.05, 3.63) is 85.8 Å². The van der Waals surface area contributed by atoms with E-state index < -0.39 is 4.92 Å². The van der Waals surface area contributed by atoms with Gasteiger partial charge in [0.15, 0.2) is 0 Å². The van der Waals surface area contributed by atoms with E-state index in [0.29, 0.717) is 38.4 Å². The van der Waals surface area contributed by atoms with Gasteiger partial charge in [-0.25, -0.2) is 9.97 Å².